The molecule has 1 aliphatic heterocycles. The molecule has 7 heteroatoms. The Kier molecular flexibility index (Phi) is 4.72. The molecule has 0 fully saturated rings. The first-order valence-electron chi connectivity index (χ1n) is 9.53. The molecule has 0 bridgehead atoms. The molecular formula is C23H18N4O2S. The third-order valence-electron chi connectivity index (χ3n) is 5.08. The zero-order valence-corrected chi connectivity index (χ0v) is 17.0. The van der Waals surface area contributed by atoms with E-state index in [2.05, 4.69) is 4.98 Å². The molecule has 1 amide bonds. The smallest absolute Gasteiger partial charge is 0.284 e. The van der Waals surface area contributed by atoms with Gasteiger partial charge in [-0.3, -0.25) is 9.78 Å². The van der Waals surface area contributed by atoms with E-state index in [1.165, 1.54) is 11.3 Å². The van der Waals surface area contributed by atoms with Crippen LogP contribution < -0.4 is 4.74 Å². The van der Waals surface area contributed by atoms with Crippen LogP contribution in [0, 0.1) is 0 Å². The third kappa shape index (κ3) is 3.33. The molecule has 1 atom stereocenters. The second-order valence-corrected chi connectivity index (χ2v) is 7.85. The van der Waals surface area contributed by atoms with Crippen LogP contribution in [0.5, 0.6) is 5.75 Å². The monoisotopic (exact) mass is 414 g/mol. The fourth-order valence-corrected chi connectivity index (χ4v) is 4.19. The second-order valence-electron chi connectivity index (χ2n) is 6.91. The standard InChI is InChI=1S/C23H18N4O2S/c1-29-16-10-8-15(9-11-16)19-13-21(27(26-19)23(28)22-7-4-12-30-22)20-14-24-17-5-2-3-6-18(17)25-20/h2-12,14,21H,13H2,1H3/t21-/m0/s1. The summed E-state index contributed by atoms with van der Waals surface area (Å²) in [6, 6.07) is 18.8. The minimum Gasteiger partial charge on any atom is -0.497 e. The van der Waals surface area contributed by atoms with Gasteiger partial charge in [-0.05, 0) is 53.4 Å². The highest BCUT2D eigenvalue weighted by molar-refractivity contribution is 7.12. The molecule has 0 N–H and O–H groups in total. The Hall–Kier alpha value is -3.58. The minimum absolute atomic E-state index is 0.131. The number of nitrogens with zero attached hydrogens (tertiary/aromatic N) is 4. The molecule has 3 heterocycles. The van der Waals surface area contributed by atoms with E-state index in [4.69, 9.17) is 14.8 Å². The number of para-hydroxylation sites is 2. The van der Waals surface area contributed by atoms with Gasteiger partial charge in [-0.2, -0.15) is 5.10 Å². The number of thiophene rings is 1. The summed E-state index contributed by atoms with van der Waals surface area (Å²) in [6.07, 6.45) is 2.31. The van der Waals surface area contributed by atoms with Gasteiger partial charge < -0.3 is 4.74 Å². The number of hydrazone groups is 1. The van der Waals surface area contributed by atoms with E-state index >= 15 is 0 Å². The van der Waals surface area contributed by atoms with Crippen LogP contribution in [-0.2, 0) is 0 Å². The van der Waals surface area contributed by atoms with Crippen molar-refractivity contribution < 1.29 is 9.53 Å². The molecule has 0 radical (unpaired) electrons. The fourth-order valence-electron chi connectivity index (χ4n) is 3.53. The highest BCUT2D eigenvalue weighted by Gasteiger charge is 2.35. The van der Waals surface area contributed by atoms with Crippen molar-refractivity contribution in [3.63, 3.8) is 0 Å². The number of aromatic nitrogens is 2. The molecule has 6 nitrogen and oxygen atoms in total. The van der Waals surface area contributed by atoms with Gasteiger partial charge >= 0.3 is 0 Å². The number of hydrogen-bond acceptors (Lipinski definition) is 6. The van der Waals surface area contributed by atoms with Crippen molar-refractivity contribution in [1.29, 1.82) is 0 Å². The number of carbonyl (C=O) groups is 1. The normalized spacial score (nSPS) is 16.0. The topological polar surface area (TPSA) is 67.7 Å². The maximum Gasteiger partial charge on any atom is 0.284 e. The first kappa shape index (κ1) is 18.4. The molecule has 5 rings (SSSR count). The predicted octanol–water partition coefficient (Wildman–Crippen LogP) is 4.69. The van der Waals surface area contributed by atoms with Crippen LogP contribution in [0.3, 0.4) is 0 Å². The van der Waals surface area contributed by atoms with Crippen molar-refractivity contribution >= 4 is 34.0 Å². The van der Waals surface area contributed by atoms with Crippen molar-refractivity contribution in [2.24, 2.45) is 5.10 Å². The quantitative estimate of drug-likeness (QED) is 0.486. The number of amides is 1. The number of carbonyl (C=O) groups excluding carboxylic acids is 1. The van der Waals surface area contributed by atoms with Crippen LogP contribution in [0.2, 0.25) is 0 Å². The van der Waals surface area contributed by atoms with Gasteiger partial charge in [-0.1, -0.05) is 18.2 Å². The molecule has 4 aromatic rings. The van der Waals surface area contributed by atoms with Crippen LogP contribution >= 0.6 is 11.3 Å². The van der Waals surface area contributed by atoms with Crippen LogP contribution in [-0.4, -0.2) is 33.7 Å². The van der Waals surface area contributed by atoms with E-state index in [1.54, 1.807) is 18.3 Å². The molecular weight excluding hydrogens is 396 g/mol. The average molecular weight is 414 g/mol. The van der Waals surface area contributed by atoms with E-state index in [1.807, 2.05) is 66.0 Å². The molecule has 2 aromatic heterocycles. The van der Waals surface area contributed by atoms with Crippen molar-refractivity contribution in [2.75, 3.05) is 7.11 Å². The zero-order chi connectivity index (χ0) is 20.5. The number of methoxy groups -OCH3 is 1. The number of rotatable bonds is 4. The van der Waals surface area contributed by atoms with Crippen molar-refractivity contribution in [3.8, 4) is 5.75 Å². The van der Waals surface area contributed by atoms with E-state index in [-0.39, 0.29) is 11.9 Å². The summed E-state index contributed by atoms with van der Waals surface area (Å²) in [7, 11) is 1.64. The Balaban J connectivity index is 1.54. The lowest BCUT2D eigenvalue weighted by molar-refractivity contribution is 0.0713. The zero-order valence-electron chi connectivity index (χ0n) is 16.2. The van der Waals surface area contributed by atoms with E-state index in [9.17, 15) is 4.79 Å². The van der Waals surface area contributed by atoms with Gasteiger partial charge in [0.1, 0.15) is 11.8 Å². The van der Waals surface area contributed by atoms with Gasteiger partial charge in [0.2, 0.25) is 0 Å². The Morgan fingerprint density at radius 3 is 2.60 bits per heavy atom. The highest BCUT2D eigenvalue weighted by atomic mass is 32.1. The first-order valence-corrected chi connectivity index (χ1v) is 10.4. The third-order valence-corrected chi connectivity index (χ3v) is 5.94. The average Bonchev–Trinajstić information content (AvgIpc) is 3.49. The lowest BCUT2D eigenvalue weighted by Gasteiger charge is -2.20. The number of ether oxygens (including phenoxy) is 1. The Labute approximate surface area is 177 Å². The lowest BCUT2D eigenvalue weighted by Crippen LogP contribution is -2.27. The lowest BCUT2D eigenvalue weighted by atomic mass is 10.0. The molecule has 0 spiro atoms. The summed E-state index contributed by atoms with van der Waals surface area (Å²) >= 11 is 1.41. The SMILES string of the molecule is COc1ccc(C2=NN(C(=O)c3cccs3)[C@H](c3cnc4ccccc4n3)C2)cc1. The van der Waals surface area contributed by atoms with Crippen LogP contribution in [0.15, 0.2) is 77.3 Å². The molecule has 148 valence electrons. The van der Waals surface area contributed by atoms with Gasteiger partial charge in [0.15, 0.2) is 0 Å². The summed E-state index contributed by atoms with van der Waals surface area (Å²) in [5, 5.41) is 8.14. The Morgan fingerprint density at radius 1 is 1.07 bits per heavy atom. The first-order chi connectivity index (χ1) is 14.7. The summed E-state index contributed by atoms with van der Waals surface area (Å²) in [4.78, 5) is 23.2. The molecule has 0 unspecified atom stereocenters. The molecule has 0 saturated heterocycles. The van der Waals surface area contributed by atoms with Gasteiger partial charge in [0.25, 0.3) is 5.91 Å². The second kappa shape index (κ2) is 7.68. The summed E-state index contributed by atoms with van der Waals surface area (Å²) in [5.41, 5.74) is 4.15. The largest absolute Gasteiger partial charge is 0.497 e. The van der Waals surface area contributed by atoms with Crippen molar-refractivity contribution in [3.05, 3.63) is 88.4 Å². The van der Waals surface area contributed by atoms with Crippen LogP contribution in [0.4, 0.5) is 0 Å². The molecule has 2 aromatic carbocycles. The van der Waals surface area contributed by atoms with Crippen molar-refractivity contribution in [2.45, 2.75) is 12.5 Å². The fraction of sp³-hybridized carbons (Fsp3) is 0.130. The molecule has 1 aliphatic rings. The summed E-state index contributed by atoms with van der Waals surface area (Å²) in [6.45, 7) is 0. The van der Waals surface area contributed by atoms with Crippen molar-refractivity contribution in [1.82, 2.24) is 15.0 Å². The maximum absolute atomic E-state index is 13.2. The van der Waals surface area contributed by atoms with Gasteiger partial charge in [-0.15, -0.1) is 11.3 Å². The molecule has 30 heavy (non-hydrogen) atoms. The van der Waals surface area contributed by atoms with Crippen LogP contribution in [0.1, 0.15) is 33.4 Å². The van der Waals surface area contributed by atoms with E-state index < -0.39 is 0 Å². The van der Waals surface area contributed by atoms with Gasteiger partial charge in [0.05, 0.1) is 40.6 Å². The Morgan fingerprint density at radius 2 is 1.87 bits per heavy atom. The minimum atomic E-state index is -0.311. The highest BCUT2D eigenvalue weighted by Crippen LogP contribution is 2.34. The number of fused-ring (bicyclic) bond motifs is 1. The number of hydrogen-bond donors (Lipinski definition) is 0. The molecule has 0 aliphatic carbocycles. The summed E-state index contributed by atoms with van der Waals surface area (Å²) < 4.78 is 5.25. The molecule has 0 saturated carbocycles. The Bertz CT molecular complexity index is 1240. The van der Waals surface area contributed by atoms with Gasteiger partial charge in [0, 0.05) is 6.42 Å². The van der Waals surface area contributed by atoms with Gasteiger partial charge in [-0.25, -0.2) is 9.99 Å². The predicted molar refractivity (Wildman–Crippen MR) is 117 cm³/mol. The maximum atomic E-state index is 13.2. The summed E-state index contributed by atoms with van der Waals surface area (Å²) in [5.74, 6) is 0.647. The van der Waals surface area contributed by atoms with Crippen LogP contribution in [0.25, 0.3) is 11.0 Å². The van der Waals surface area contributed by atoms with E-state index in [0.717, 1.165) is 33.8 Å². The number of benzene rings is 2. The van der Waals surface area contributed by atoms with E-state index in [0.29, 0.717) is 11.3 Å².